The largest absolute Gasteiger partial charge is 0.454 e. The number of hydrogen-bond acceptors (Lipinski definition) is 5. The molecule has 3 aliphatic heterocycles. The summed E-state index contributed by atoms with van der Waals surface area (Å²) in [4.78, 5) is 43.7. The molecule has 0 saturated carbocycles. The molecule has 0 radical (unpaired) electrons. The van der Waals surface area contributed by atoms with Crippen LogP contribution < -0.4 is 9.47 Å². The highest BCUT2D eigenvalue weighted by Crippen LogP contribution is 2.41. The van der Waals surface area contributed by atoms with Crippen LogP contribution in [0.25, 0.3) is 0 Å². The molecule has 0 aromatic heterocycles. The number of fused-ring (bicyclic) bond motifs is 1. The normalized spacial score (nSPS) is 22.6. The predicted molar refractivity (Wildman–Crippen MR) is 125 cm³/mol. The van der Waals surface area contributed by atoms with Crippen molar-refractivity contribution in [2.75, 3.05) is 19.9 Å². The van der Waals surface area contributed by atoms with E-state index >= 15 is 0 Å². The van der Waals surface area contributed by atoms with Crippen molar-refractivity contribution in [2.24, 2.45) is 0 Å². The zero-order valence-corrected chi connectivity index (χ0v) is 19.3. The standard InChI is InChI=1S/C27H30N2O5/c30-24(28-13-7-2-1-3-8-14-28)16-27(21-9-5-4-6-10-21)17-25(31)29(26(27)32)18-20-11-12-22-23(15-20)34-19-33-22/h4-6,9-12,15H,1-3,7-8,13-14,16-19H2. The summed E-state index contributed by atoms with van der Waals surface area (Å²) in [5.41, 5.74) is 0.334. The Kier molecular flexibility index (Phi) is 6.26. The van der Waals surface area contributed by atoms with Crippen molar-refractivity contribution < 1.29 is 23.9 Å². The summed E-state index contributed by atoms with van der Waals surface area (Å²) in [5, 5.41) is 0. The maximum Gasteiger partial charge on any atom is 0.241 e. The topological polar surface area (TPSA) is 76.1 Å². The predicted octanol–water partition coefficient (Wildman–Crippen LogP) is 3.80. The lowest BCUT2D eigenvalue weighted by Gasteiger charge is -2.31. The number of likely N-dealkylation sites (tertiary alicyclic amines) is 2. The van der Waals surface area contributed by atoms with E-state index in [0.29, 0.717) is 24.6 Å². The van der Waals surface area contributed by atoms with Crippen LogP contribution in [0.15, 0.2) is 48.5 Å². The lowest BCUT2D eigenvalue weighted by molar-refractivity contribution is -0.143. The molecule has 0 aliphatic carbocycles. The van der Waals surface area contributed by atoms with Crippen LogP contribution >= 0.6 is 0 Å². The molecule has 7 heteroatoms. The minimum Gasteiger partial charge on any atom is -0.454 e. The molecule has 2 aromatic rings. The Labute approximate surface area is 199 Å². The summed E-state index contributed by atoms with van der Waals surface area (Å²) in [6.45, 7) is 1.73. The van der Waals surface area contributed by atoms with E-state index in [1.807, 2.05) is 41.3 Å². The quantitative estimate of drug-likeness (QED) is 0.632. The van der Waals surface area contributed by atoms with Gasteiger partial charge in [0.25, 0.3) is 0 Å². The van der Waals surface area contributed by atoms with Gasteiger partial charge in [-0.15, -0.1) is 0 Å². The summed E-state index contributed by atoms with van der Waals surface area (Å²) in [6, 6.07) is 14.7. The first kappa shape index (κ1) is 22.4. The molecule has 1 unspecified atom stereocenters. The maximum atomic E-state index is 13.9. The minimum absolute atomic E-state index is 0.0000213. The van der Waals surface area contributed by atoms with Crippen molar-refractivity contribution in [1.29, 1.82) is 0 Å². The first-order chi connectivity index (χ1) is 16.6. The third kappa shape index (κ3) is 4.27. The lowest BCUT2D eigenvalue weighted by atomic mass is 9.75. The molecule has 0 spiro atoms. The van der Waals surface area contributed by atoms with Gasteiger partial charge in [0, 0.05) is 25.9 Å². The highest BCUT2D eigenvalue weighted by Gasteiger charge is 2.54. The molecule has 178 valence electrons. The van der Waals surface area contributed by atoms with Gasteiger partial charge in [0.1, 0.15) is 0 Å². The summed E-state index contributed by atoms with van der Waals surface area (Å²) in [7, 11) is 0. The van der Waals surface area contributed by atoms with Crippen LogP contribution in [-0.4, -0.2) is 47.4 Å². The second kappa shape index (κ2) is 9.49. The SMILES string of the molecule is O=C(CC1(c2ccccc2)CC(=O)N(Cc2ccc3c(c2)OCO3)C1=O)N1CCCCCCC1. The molecule has 34 heavy (non-hydrogen) atoms. The minimum atomic E-state index is -1.17. The highest BCUT2D eigenvalue weighted by atomic mass is 16.7. The molecular weight excluding hydrogens is 432 g/mol. The van der Waals surface area contributed by atoms with Gasteiger partial charge in [-0.1, -0.05) is 55.7 Å². The van der Waals surface area contributed by atoms with Crippen LogP contribution in [0.5, 0.6) is 11.5 Å². The van der Waals surface area contributed by atoms with E-state index in [-0.39, 0.29) is 43.9 Å². The van der Waals surface area contributed by atoms with Crippen molar-refractivity contribution in [3.8, 4) is 11.5 Å². The smallest absolute Gasteiger partial charge is 0.241 e. The fraction of sp³-hybridized carbons (Fsp3) is 0.444. The van der Waals surface area contributed by atoms with E-state index in [4.69, 9.17) is 9.47 Å². The molecular formula is C27H30N2O5. The Bertz CT molecular complexity index is 1080. The molecule has 3 heterocycles. The number of benzene rings is 2. The van der Waals surface area contributed by atoms with Gasteiger partial charge in [0.2, 0.25) is 24.5 Å². The van der Waals surface area contributed by atoms with Crippen molar-refractivity contribution in [3.05, 3.63) is 59.7 Å². The lowest BCUT2D eigenvalue weighted by Crippen LogP contribution is -2.44. The van der Waals surface area contributed by atoms with Crippen molar-refractivity contribution >= 4 is 17.7 Å². The zero-order chi connectivity index (χ0) is 23.5. The van der Waals surface area contributed by atoms with Gasteiger partial charge >= 0.3 is 0 Å². The Balaban J connectivity index is 1.42. The second-order valence-corrected chi connectivity index (χ2v) is 9.42. The Morgan fingerprint density at radius 2 is 1.59 bits per heavy atom. The summed E-state index contributed by atoms with van der Waals surface area (Å²) < 4.78 is 10.8. The fourth-order valence-corrected chi connectivity index (χ4v) is 5.27. The molecule has 2 fully saturated rings. The molecule has 1 atom stereocenters. The Hall–Kier alpha value is -3.35. The van der Waals surface area contributed by atoms with Crippen LogP contribution in [0.4, 0.5) is 0 Å². The van der Waals surface area contributed by atoms with Crippen LogP contribution in [-0.2, 0) is 26.3 Å². The van der Waals surface area contributed by atoms with Crippen molar-refractivity contribution in [3.63, 3.8) is 0 Å². The van der Waals surface area contributed by atoms with Crippen LogP contribution in [0.2, 0.25) is 0 Å². The number of hydrogen-bond donors (Lipinski definition) is 0. The first-order valence-electron chi connectivity index (χ1n) is 12.1. The number of amides is 3. The molecule has 2 saturated heterocycles. The number of ether oxygens (including phenoxy) is 2. The fourth-order valence-electron chi connectivity index (χ4n) is 5.27. The number of carbonyl (C=O) groups is 3. The van der Waals surface area contributed by atoms with Crippen LogP contribution in [0, 0.1) is 0 Å². The molecule has 3 amide bonds. The number of carbonyl (C=O) groups excluding carboxylic acids is 3. The molecule has 2 aromatic carbocycles. The maximum absolute atomic E-state index is 13.9. The summed E-state index contributed by atoms with van der Waals surface area (Å²) >= 11 is 0. The van der Waals surface area contributed by atoms with Gasteiger partial charge in [0.15, 0.2) is 11.5 Å². The zero-order valence-electron chi connectivity index (χ0n) is 19.3. The van der Waals surface area contributed by atoms with E-state index in [1.165, 1.54) is 11.3 Å². The van der Waals surface area contributed by atoms with E-state index < -0.39 is 5.41 Å². The second-order valence-electron chi connectivity index (χ2n) is 9.42. The average Bonchev–Trinajstić information content (AvgIpc) is 3.38. The van der Waals surface area contributed by atoms with Crippen molar-refractivity contribution in [1.82, 2.24) is 9.80 Å². The van der Waals surface area contributed by atoms with Gasteiger partial charge in [-0.2, -0.15) is 0 Å². The Morgan fingerprint density at radius 1 is 0.882 bits per heavy atom. The molecule has 5 rings (SSSR count). The van der Waals surface area contributed by atoms with E-state index in [2.05, 4.69) is 0 Å². The average molecular weight is 463 g/mol. The number of imide groups is 1. The van der Waals surface area contributed by atoms with Gasteiger partial charge < -0.3 is 14.4 Å². The summed E-state index contributed by atoms with van der Waals surface area (Å²) in [6.07, 6.45) is 5.42. The number of rotatable bonds is 5. The third-order valence-electron chi connectivity index (χ3n) is 7.17. The van der Waals surface area contributed by atoms with Gasteiger partial charge in [-0.05, 0) is 36.1 Å². The summed E-state index contributed by atoms with van der Waals surface area (Å²) in [5.74, 6) is 0.657. The van der Waals surface area contributed by atoms with Gasteiger partial charge in [0.05, 0.1) is 12.0 Å². The Morgan fingerprint density at radius 3 is 2.35 bits per heavy atom. The highest BCUT2D eigenvalue weighted by molar-refractivity contribution is 6.10. The van der Waals surface area contributed by atoms with E-state index in [9.17, 15) is 14.4 Å². The van der Waals surface area contributed by atoms with Crippen LogP contribution in [0.1, 0.15) is 56.1 Å². The first-order valence-corrected chi connectivity index (χ1v) is 12.1. The van der Waals surface area contributed by atoms with Crippen molar-refractivity contribution in [2.45, 2.75) is 56.9 Å². The van der Waals surface area contributed by atoms with Crippen LogP contribution in [0.3, 0.4) is 0 Å². The molecule has 0 bridgehead atoms. The van der Waals surface area contributed by atoms with Gasteiger partial charge in [-0.25, -0.2) is 0 Å². The van der Waals surface area contributed by atoms with E-state index in [0.717, 1.165) is 36.8 Å². The molecule has 0 N–H and O–H groups in total. The monoisotopic (exact) mass is 462 g/mol. The number of nitrogens with zero attached hydrogens (tertiary/aromatic N) is 2. The molecule has 3 aliphatic rings. The van der Waals surface area contributed by atoms with E-state index in [1.54, 1.807) is 12.1 Å². The van der Waals surface area contributed by atoms with Gasteiger partial charge in [-0.3, -0.25) is 19.3 Å². The molecule has 7 nitrogen and oxygen atoms in total. The third-order valence-corrected chi connectivity index (χ3v) is 7.17.